The number of hydrogen-bond acceptors (Lipinski definition) is 6. The largest absolute Gasteiger partial charge is 0.465 e. The van der Waals surface area contributed by atoms with Crippen molar-refractivity contribution in [3.63, 3.8) is 0 Å². The number of aliphatic hydroxyl groups excluding tert-OH is 1. The van der Waals surface area contributed by atoms with Crippen molar-refractivity contribution in [3.05, 3.63) is 29.8 Å². The van der Waals surface area contributed by atoms with E-state index in [4.69, 9.17) is 5.11 Å². The van der Waals surface area contributed by atoms with Crippen LogP contribution in [-0.4, -0.2) is 51.3 Å². The second-order valence-electron chi connectivity index (χ2n) is 4.10. The summed E-state index contributed by atoms with van der Waals surface area (Å²) in [6.07, 6.45) is 0.701. The Balaban J connectivity index is 2.52. The van der Waals surface area contributed by atoms with E-state index in [1.807, 2.05) is 0 Å². The van der Waals surface area contributed by atoms with Crippen molar-refractivity contribution >= 4 is 27.8 Å². The first-order chi connectivity index (χ1) is 10.0. The zero-order valence-electron chi connectivity index (χ0n) is 11.7. The van der Waals surface area contributed by atoms with Crippen LogP contribution in [0.15, 0.2) is 29.2 Å². The van der Waals surface area contributed by atoms with Gasteiger partial charge in [-0.2, -0.15) is 11.8 Å². The van der Waals surface area contributed by atoms with Gasteiger partial charge < -0.3 is 9.84 Å². The molecule has 0 atom stereocenters. The van der Waals surface area contributed by atoms with Gasteiger partial charge in [-0.25, -0.2) is 17.9 Å². The predicted molar refractivity (Wildman–Crippen MR) is 82.0 cm³/mol. The summed E-state index contributed by atoms with van der Waals surface area (Å²) in [6.45, 7) is 0.461. The van der Waals surface area contributed by atoms with Gasteiger partial charge in [-0.1, -0.05) is 0 Å². The van der Waals surface area contributed by atoms with E-state index in [0.29, 0.717) is 24.3 Å². The lowest BCUT2D eigenvalue weighted by Gasteiger charge is -2.07. The van der Waals surface area contributed by atoms with Crippen molar-refractivity contribution < 1.29 is 23.1 Å². The molecule has 0 bridgehead atoms. The number of carbonyl (C=O) groups is 1. The van der Waals surface area contributed by atoms with Crippen LogP contribution in [0.2, 0.25) is 0 Å². The molecule has 0 fully saturated rings. The lowest BCUT2D eigenvalue weighted by Crippen LogP contribution is -2.26. The maximum Gasteiger partial charge on any atom is 0.337 e. The molecule has 21 heavy (non-hydrogen) atoms. The van der Waals surface area contributed by atoms with Crippen molar-refractivity contribution in [3.8, 4) is 0 Å². The van der Waals surface area contributed by atoms with Gasteiger partial charge in [0.05, 0.1) is 17.6 Å². The van der Waals surface area contributed by atoms with Gasteiger partial charge in [0, 0.05) is 18.9 Å². The summed E-state index contributed by atoms with van der Waals surface area (Å²) in [5, 5.41) is 8.62. The van der Waals surface area contributed by atoms with E-state index in [-0.39, 0.29) is 11.5 Å². The molecule has 0 spiro atoms. The van der Waals surface area contributed by atoms with Crippen molar-refractivity contribution in [2.24, 2.45) is 0 Å². The van der Waals surface area contributed by atoms with Crippen LogP contribution in [0.1, 0.15) is 16.8 Å². The minimum absolute atomic E-state index is 0.107. The molecule has 0 amide bonds. The lowest BCUT2D eigenvalue weighted by molar-refractivity contribution is 0.0600. The number of aliphatic hydroxyl groups is 1. The van der Waals surface area contributed by atoms with Crippen molar-refractivity contribution in [2.45, 2.75) is 11.3 Å². The fourth-order valence-corrected chi connectivity index (χ4v) is 3.43. The van der Waals surface area contributed by atoms with Crippen molar-refractivity contribution in [1.82, 2.24) is 4.72 Å². The van der Waals surface area contributed by atoms with E-state index in [0.717, 1.165) is 5.75 Å². The van der Waals surface area contributed by atoms with E-state index < -0.39 is 16.0 Å². The van der Waals surface area contributed by atoms with Gasteiger partial charge in [-0.05, 0) is 36.4 Å². The van der Waals surface area contributed by atoms with Crippen LogP contribution in [0, 0.1) is 0 Å². The number of carbonyl (C=O) groups excluding carboxylic acids is 1. The highest BCUT2D eigenvalue weighted by molar-refractivity contribution is 7.99. The Bertz CT molecular complexity index is 542. The Morgan fingerprint density at radius 1 is 1.29 bits per heavy atom. The summed E-state index contributed by atoms with van der Waals surface area (Å²) in [5.74, 6) is 0.929. The van der Waals surface area contributed by atoms with Crippen molar-refractivity contribution in [2.75, 3.05) is 31.8 Å². The molecule has 118 valence electrons. The Kier molecular flexibility index (Phi) is 7.73. The lowest BCUT2D eigenvalue weighted by atomic mass is 10.2. The summed E-state index contributed by atoms with van der Waals surface area (Å²) in [6, 6.07) is 5.56. The Hall–Kier alpha value is -1.09. The standard InChI is InChI=1S/C13H19NO5S2/c1-19-13(16)11-3-5-12(6-4-11)21(17,18)14-7-10-20-9-2-8-15/h3-6,14-15H,2,7-10H2,1H3. The number of rotatable bonds is 9. The average Bonchev–Trinajstić information content (AvgIpc) is 2.50. The highest BCUT2D eigenvalue weighted by atomic mass is 32.2. The molecule has 0 aliphatic carbocycles. The third kappa shape index (κ3) is 6.04. The van der Waals surface area contributed by atoms with Gasteiger partial charge >= 0.3 is 5.97 Å². The minimum atomic E-state index is -3.57. The molecule has 0 saturated heterocycles. The third-order valence-electron chi connectivity index (χ3n) is 2.57. The van der Waals surface area contributed by atoms with E-state index in [1.54, 1.807) is 11.8 Å². The van der Waals surface area contributed by atoms with Gasteiger partial charge in [-0.15, -0.1) is 0 Å². The number of sulfonamides is 1. The van der Waals surface area contributed by atoms with Gasteiger partial charge in [0.15, 0.2) is 0 Å². The Morgan fingerprint density at radius 3 is 2.52 bits per heavy atom. The molecule has 1 aromatic rings. The second kappa shape index (κ2) is 9.04. The van der Waals surface area contributed by atoms with Crippen LogP contribution in [-0.2, 0) is 14.8 Å². The quantitative estimate of drug-likeness (QED) is 0.514. The number of thioether (sulfide) groups is 1. The average molecular weight is 333 g/mol. The maximum atomic E-state index is 12.0. The first-order valence-corrected chi connectivity index (χ1v) is 9.01. The number of hydrogen-bond donors (Lipinski definition) is 2. The van der Waals surface area contributed by atoms with Crippen LogP contribution in [0.3, 0.4) is 0 Å². The molecule has 0 saturated carbocycles. The fraction of sp³-hybridized carbons (Fsp3) is 0.462. The molecular weight excluding hydrogens is 314 g/mol. The minimum Gasteiger partial charge on any atom is -0.465 e. The van der Waals surface area contributed by atoms with Gasteiger partial charge in [0.1, 0.15) is 0 Å². The molecule has 2 N–H and O–H groups in total. The van der Waals surface area contributed by atoms with Crippen LogP contribution < -0.4 is 4.72 Å². The summed E-state index contributed by atoms with van der Waals surface area (Å²) < 4.78 is 31.0. The molecule has 6 nitrogen and oxygen atoms in total. The SMILES string of the molecule is COC(=O)c1ccc(S(=O)(=O)NCCSCCCO)cc1. The third-order valence-corrected chi connectivity index (χ3v) is 5.12. The maximum absolute atomic E-state index is 12.0. The molecule has 0 aliphatic heterocycles. The molecule has 0 aliphatic rings. The summed E-state index contributed by atoms with van der Waals surface area (Å²) in [4.78, 5) is 11.4. The highest BCUT2D eigenvalue weighted by Crippen LogP contribution is 2.11. The number of nitrogens with one attached hydrogen (secondary N) is 1. The molecule has 1 aromatic carbocycles. The number of benzene rings is 1. The van der Waals surface area contributed by atoms with Crippen LogP contribution in [0.5, 0.6) is 0 Å². The highest BCUT2D eigenvalue weighted by Gasteiger charge is 2.14. The van der Waals surface area contributed by atoms with E-state index in [2.05, 4.69) is 9.46 Å². The monoisotopic (exact) mass is 333 g/mol. The summed E-state index contributed by atoms with van der Waals surface area (Å²) in [7, 11) is -2.30. The van der Waals surface area contributed by atoms with Crippen LogP contribution in [0.25, 0.3) is 0 Å². The normalized spacial score (nSPS) is 11.3. The van der Waals surface area contributed by atoms with Crippen LogP contribution >= 0.6 is 11.8 Å². The van der Waals surface area contributed by atoms with E-state index in [1.165, 1.54) is 31.4 Å². The number of esters is 1. The Morgan fingerprint density at radius 2 is 1.95 bits per heavy atom. The molecule has 8 heteroatoms. The smallest absolute Gasteiger partial charge is 0.337 e. The fourth-order valence-electron chi connectivity index (χ4n) is 1.49. The van der Waals surface area contributed by atoms with Crippen LogP contribution in [0.4, 0.5) is 0 Å². The molecule has 0 aromatic heterocycles. The van der Waals surface area contributed by atoms with Crippen molar-refractivity contribution in [1.29, 1.82) is 0 Å². The molecule has 0 radical (unpaired) electrons. The predicted octanol–water partition coefficient (Wildman–Crippen LogP) is 0.867. The van der Waals surface area contributed by atoms with Gasteiger partial charge in [-0.3, -0.25) is 0 Å². The molecule has 0 heterocycles. The second-order valence-corrected chi connectivity index (χ2v) is 7.09. The Labute approximate surface area is 128 Å². The number of ether oxygens (including phenoxy) is 1. The summed E-state index contributed by atoms with van der Waals surface area (Å²) in [5.41, 5.74) is 0.302. The zero-order valence-corrected chi connectivity index (χ0v) is 13.4. The zero-order chi connectivity index (χ0) is 15.7. The number of methoxy groups -OCH3 is 1. The van der Waals surface area contributed by atoms with Gasteiger partial charge in [0.2, 0.25) is 10.0 Å². The van der Waals surface area contributed by atoms with Gasteiger partial charge in [0.25, 0.3) is 0 Å². The van der Waals surface area contributed by atoms with E-state index >= 15 is 0 Å². The first kappa shape index (κ1) is 18.0. The molecular formula is C13H19NO5S2. The molecule has 0 unspecified atom stereocenters. The topological polar surface area (TPSA) is 92.7 Å². The molecule has 1 rings (SSSR count). The summed E-state index contributed by atoms with van der Waals surface area (Å²) >= 11 is 1.57. The first-order valence-electron chi connectivity index (χ1n) is 6.38. The van der Waals surface area contributed by atoms with E-state index in [9.17, 15) is 13.2 Å².